The third-order valence-corrected chi connectivity index (χ3v) is 5.09. The number of Topliss-reactive ketones (excluding diaryl/α,β-unsaturated/α-hetero) is 1. The van der Waals surface area contributed by atoms with Crippen LogP contribution in [0.15, 0.2) is 35.9 Å². The number of allylic oxidation sites excluding steroid dienone is 2. The fourth-order valence-corrected chi connectivity index (χ4v) is 3.64. The topological polar surface area (TPSA) is 94.5 Å². The summed E-state index contributed by atoms with van der Waals surface area (Å²) in [7, 11) is 4.56. The smallest absolute Gasteiger partial charge is 0.177 e. The van der Waals surface area contributed by atoms with E-state index in [1.165, 1.54) is 27.4 Å². The molecule has 2 N–H and O–H groups in total. The molecular formula is C23H26O7. The first-order valence-corrected chi connectivity index (χ1v) is 9.50. The van der Waals surface area contributed by atoms with Crippen molar-refractivity contribution in [2.45, 2.75) is 26.4 Å². The highest BCUT2D eigenvalue weighted by molar-refractivity contribution is 6.04. The van der Waals surface area contributed by atoms with Gasteiger partial charge in [-0.15, -0.1) is 0 Å². The molecule has 0 spiro atoms. The fraction of sp³-hybridized carbons (Fsp3) is 0.348. The molecule has 0 saturated heterocycles. The molecule has 1 heterocycles. The molecule has 3 rings (SSSR count). The van der Waals surface area contributed by atoms with Crippen LogP contribution in [0.1, 0.15) is 42.3 Å². The van der Waals surface area contributed by atoms with Crippen molar-refractivity contribution in [2.24, 2.45) is 5.92 Å². The molecule has 2 atom stereocenters. The van der Waals surface area contributed by atoms with Crippen molar-refractivity contribution in [3.8, 4) is 34.5 Å². The van der Waals surface area contributed by atoms with Gasteiger partial charge in [0.2, 0.25) is 0 Å². The van der Waals surface area contributed by atoms with Gasteiger partial charge < -0.3 is 29.2 Å². The lowest BCUT2D eigenvalue weighted by Crippen LogP contribution is -2.32. The number of hydrogen-bond donors (Lipinski definition) is 2. The molecule has 0 radical (unpaired) electrons. The minimum Gasteiger partial charge on any atom is -0.508 e. The van der Waals surface area contributed by atoms with Crippen LogP contribution in [0.4, 0.5) is 0 Å². The Morgan fingerprint density at radius 1 is 1.03 bits per heavy atom. The number of hydrogen-bond acceptors (Lipinski definition) is 7. The van der Waals surface area contributed by atoms with E-state index in [0.717, 1.165) is 11.6 Å². The molecule has 1 aliphatic heterocycles. The molecule has 7 nitrogen and oxygen atoms in total. The molecule has 0 saturated carbocycles. The standard InChI is InChI=1S/C23H26O7/c1-12(2)6-7-15-22(26)20-16(25)8-13(24)9-19(20)30-23(15)21-17(28-4)10-14(27-3)11-18(21)29-5/h6,8-11,15,23-25H,7H2,1-5H3/t15-,23-/m0/s1. The van der Waals surface area contributed by atoms with E-state index in [1.54, 1.807) is 12.1 Å². The van der Waals surface area contributed by atoms with Crippen LogP contribution in [0.2, 0.25) is 0 Å². The lowest BCUT2D eigenvalue weighted by Gasteiger charge is -2.34. The first kappa shape index (κ1) is 21.4. The van der Waals surface area contributed by atoms with E-state index >= 15 is 0 Å². The predicted molar refractivity (Wildman–Crippen MR) is 111 cm³/mol. The number of methoxy groups -OCH3 is 3. The van der Waals surface area contributed by atoms with Crippen LogP contribution in [0.5, 0.6) is 34.5 Å². The molecular weight excluding hydrogens is 388 g/mol. The lowest BCUT2D eigenvalue weighted by atomic mass is 9.82. The van der Waals surface area contributed by atoms with Gasteiger partial charge in [0.25, 0.3) is 0 Å². The SMILES string of the molecule is COc1cc(OC)c([C@H]2Oc3cc(O)cc(O)c3C(=O)[C@@H]2CC=C(C)C)c(OC)c1. The molecule has 0 aliphatic carbocycles. The van der Waals surface area contributed by atoms with Crippen LogP contribution in [0, 0.1) is 5.92 Å². The number of phenolic OH excluding ortho intramolecular Hbond substituents is 2. The fourth-order valence-electron chi connectivity index (χ4n) is 3.64. The van der Waals surface area contributed by atoms with Gasteiger partial charge in [-0.3, -0.25) is 4.79 Å². The van der Waals surface area contributed by atoms with Crippen LogP contribution in [0.25, 0.3) is 0 Å². The van der Waals surface area contributed by atoms with Crippen molar-refractivity contribution < 1.29 is 34.0 Å². The molecule has 1 aliphatic rings. The highest BCUT2D eigenvalue weighted by Crippen LogP contribution is 2.50. The molecule has 0 fully saturated rings. The van der Waals surface area contributed by atoms with E-state index < -0.39 is 12.0 Å². The summed E-state index contributed by atoms with van der Waals surface area (Å²) >= 11 is 0. The number of rotatable bonds is 6. The van der Waals surface area contributed by atoms with Gasteiger partial charge in [-0.25, -0.2) is 0 Å². The van der Waals surface area contributed by atoms with Gasteiger partial charge in [0.1, 0.15) is 46.2 Å². The number of phenols is 2. The average molecular weight is 414 g/mol. The zero-order chi connectivity index (χ0) is 22.0. The van der Waals surface area contributed by atoms with E-state index in [0.29, 0.717) is 29.2 Å². The molecule has 2 aromatic rings. The number of carbonyl (C=O) groups excluding carboxylic acids is 1. The molecule has 0 amide bonds. The maximum atomic E-state index is 13.4. The van der Waals surface area contributed by atoms with E-state index in [-0.39, 0.29) is 28.6 Å². The Morgan fingerprint density at radius 3 is 2.20 bits per heavy atom. The minimum atomic E-state index is -0.766. The summed E-state index contributed by atoms with van der Waals surface area (Å²) < 4.78 is 22.6. The summed E-state index contributed by atoms with van der Waals surface area (Å²) in [6.07, 6.45) is 1.57. The molecule has 7 heteroatoms. The van der Waals surface area contributed by atoms with Crippen molar-refractivity contribution in [2.75, 3.05) is 21.3 Å². The van der Waals surface area contributed by atoms with E-state index in [1.807, 2.05) is 19.9 Å². The summed E-state index contributed by atoms with van der Waals surface area (Å²) in [5.74, 6) is 0.0915. The van der Waals surface area contributed by atoms with E-state index in [2.05, 4.69) is 0 Å². The predicted octanol–water partition coefficient (Wildman–Crippen LogP) is 4.41. The zero-order valence-electron chi connectivity index (χ0n) is 17.7. The Morgan fingerprint density at radius 2 is 1.67 bits per heavy atom. The Balaban J connectivity index is 2.23. The second kappa shape index (κ2) is 8.57. The molecule has 2 aromatic carbocycles. The van der Waals surface area contributed by atoms with Crippen molar-refractivity contribution in [1.82, 2.24) is 0 Å². The van der Waals surface area contributed by atoms with Crippen molar-refractivity contribution in [3.05, 3.63) is 47.0 Å². The van der Waals surface area contributed by atoms with Crippen LogP contribution in [0.3, 0.4) is 0 Å². The van der Waals surface area contributed by atoms with Gasteiger partial charge in [-0.1, -0.05) is 11.6 Å². The van der Waals surface area contributed by atoms with Gasteiger partial charge in [0, 0.05) is 24.3 Å². The number of fused-ring (bicyclic) bond motifs is 1. The first-order valence-electron chi connectivity index (χ1n) is 9.50. The largest absolute Gasteiger partial charge is 0.508 e. The van der Waals surface area contributed by atoms with Crippen molar-refractivity contribution in [3.63, 3.8) is 0 Å². The Kier molecular flexibility index (Phi) is 6.10. The molecule has 0 unspecified atom stereocenters. The number of carbonyl (C=O) groups is 1. The van der Waals surface area contributed by atoms with E-state index in [9.17, 15) is 15.0 Å². The molecule has 160 valence electrons. The lowest BCUT2D eigenvalue weighted by molar-refractivity contribution is 0.0642. The van der Waals surface area contributed by atoms with Gasteiger partial charge >= 0.3 is 0 Å². The van der Waals surface area contributed by atoms with Crippen molar-refractivity contribution in [1.29, 1.82) is 0 Å². The first-order chi connectivity index (χ1) is 14.3. The average Bonchev–Trinajstić information content (AvgIpc) is 2.70. The quantitative estimate of drug-likeness (QED) is 0.676. The Hall–Kier alpha value is -3.35. The van der Waals surface area contributed by atoms with Gasteiger partial charge in [0.05, 0.1) is 32.8 Å². The van der Waals surface area contributed by atoms with Crippen LogP contribution >= 0.6 is 0 Å². The molecule has 30 heavy (non-hydrogen) atoms. The third kappa shape index (κ3) is 3.87. The second-order valence-electron chi connectivity index (χ2n) is 7.31. The highest BCUT2D eigenvalue weighted by atomic mass is 16.5. The Bertz CT molecular complexity index is 964. The summed E-state index contributed by atoms with van der Waals surface area (Å²) in [4.78, 5) is 13.4. The number of ether oxygens (including phenoxy) is 4. The minimum absolute atomic E-state index is 0.0580. The highest BCUT2D eigenvalue weighted by Gasteiger charge is 2.42. The normalized spacial score (nSPS) is 17.6. The number of benzene rings is 2. The third-order valence-electron chi connectivity index (χ3n) is 5.09. The summed E-state index contributed by atoms with van der Waals surface area (Å²) in [6.45, 7) is 3.89. The maximum absolute atomic E-state index is 13.4. The summed E-state index contributed by atoms with van der Waals surface area (Å²) in [5, 5.41) is 20.2. The Labute approximate surface area is 175 Å². The molecule has 0 aromatic heterocycles. The summed E-state index contributed by atoms with van der Waals surface area (Å²) in [5.41, 5.74) is 1.66. The van der Waals surface area contributed by atoms with Crippen molar-refractivity contribution >= 4 is 5.78 Å². The van der Waals surface area contributed by atoms with E-state index in [4.69, 9.17) is 18.9 Å². The van der Waals surface area contributed by atoms with Gasteiger partial charge in [-0.2, -0.15) is 0 Å². The second-order valence-corrected chi connectivity index (χ2v) is 7.31. The van der Waals surface area contributed by atoms with Crippen LogP contribution < -0.4 is 18.9 Å². The van der Waals surface area contributed by atoms with Crippen LogP contribution in [-0.4, -0.2) is 37.3 Å². The van der Waals surface area contributed by atoms with Gasteiger partial charge in [-0.05, 0) is 20.3 Å². The monoisotopic (exact) mass is 414 g/mol. The maximum Gasteiger partial charge on any atom is 0.177 e. The van der Waals surface area contributed by atoms with Crippen LogP contribution in [-0.2, 0) is 0 Å². The van der Waals surface area contributed by atoms with Gasteiger partial charge in [0.15, 0.2) is 5.78 Å². The molecule has 0 bridgehead atoms. The number of ketones is 1. The summed E-state index contributed by atoms with van der Waals surface area (Å²) in [6, 6.07) is 5.84. The number of aromatic hydroxyl groups is 2. The zero-order valence-corrected chi connectivity index (χ0v) is 17.7.